The van der Waals surface area contributed by atoms with Gasteiger partial charge in [0.2, 0.25) is 0 Å². The van der Waals surface area contributed by atoms with Crippen LogP contribution < -0.4 is 10.6 Å². The van der Waals surface area contributed by atoms with Crippen molar-refractivity contribution in [3.8, 4) is 0 Å². The molecule has 0 bridgehead atoms. The molecular weight excluding hydrogens is 222 g/mol. The summed E-state index contributed by atoms with van der Waals surface area (Å²) in [5.74, 6) is -1.07. The second-order valence-corrected chi connectivity index (χ2v) is 4.62. The molecule has 0 radical (unpaired) electrons. The summed E-state index contributed by atoms with van der Waals surface area (Å²) in [4.78, 5) is 0. The van der Waals surface area contributed by atoms with Crippen LogP contribution in [-0.4, -0.2) is 19.1 Å². The van der Waals surface area contributed by atoms with Gasteiger partial charge in [0.1, 0.15) is 0 Å². The predicted molar refractivity (Wildman–Crippen MR) is 65.0 cm³/mol. The van der Waals surface area contributed by atoms with Gasteiger partial charge in [-0.15, -0.1) is 0 Å². The fourth-order valence-electron chi connectivity index (χ4n) is 2.32. The Bertz CT molecular complexity index is 376. The maximum atomic E-state index is 13.5. The number of rotatable bonds is 3. The maximum Gasteiger partial charge on any atom is 0.181 e. The van der Waals surface area contributed by atoms with Gasteiger partial charge in [0, 0.05) is 6.04 Å². The van der Waals surface area contributed by atoms with Crippen LogP contribution in [0.4, 0.5) is 14.5 Å². The number of anilines is 1. The Kier molecular flexibility index (Phi) is 3.94. The molecule has 17 heavy (non-hydrogen) atoms. The molecule has 1 aromatic carbocycles. The van der Waals surface area contributed by atoms with Gasteiger partial charge in [0.25, 0.3) is 0 Å². The lowest BCUT2D eigenvalue weighted by Crippen LogP contribution is -2.36. The van der Waals surface area contributed by atoms with E-state index in [0.29, 0.717) is 5.92 Å². The fourth-order valence-corrected chi connectivity index (χ4v) is 2.32. The first kappa shape index (κ1) is 12.3. The van der Waals surface area contributed by atoms with Crippen LogP contribution in [0.25, 0.3) is 0 Å². The number of hydrogen-bond acceptors (Lipinski definition) is 2. The summed E-state index contributed by atoms with van der Waals surface area (Å²) in [6.45, 7) is 4.03. The second kappa shape index (κ2) is 5.45. The van der Waals surface area contributed by atoms with E-state index in [9.17, 15) is 8.78 Å². The topological polar surface area (TPSA) is 24.1 Å². The second-order valence-electron chi connectivity index (χ2n) is 4.62. The molecule has 0 aromatic heterocycles. The van der Waals surface area contributed by atoms with Crippen LogP contribution in [0.3, 0.4) is 0 Å². The summed E-state index contributed by atoms with van der Waals surface area (Å²) in [5, 5.41) is 6.37. The van der Waals surface area contributed by atoms with E-state index in [4.69, 9.17) is 0 Å². The Labute approximate surface area is 100 Å². The van der Waals surface area contributed by atoms with Crippen molar-refractivity contribution in [2.45, 2.75) is 25.8 Å². The highest BCUT2D eigenvalue weighted by Crippen LogP contribution is 2.22. The van der Waals surface area contributed by atoms with Gasteiger partial charge in [-0.05, 0) is 50.9 Å². The summed E-state index contributed by atoms with van der Waals surface area (Å²) in [6.07, 6.45) is 2.15. The molecule has 2 rings (SSSR count). The van der Waals surface area contributed by atoms with E-state index >= 15 is 0 Å². The van der Waals surface area contributed by atoms with Crippen LogP contribution >= 0.6 is 0 Å². The van der Waals surface area contributed by atoms with Gasteiger partial charge >= 0.3 is 0 Å². The number of nitrogens with one attached hydrogen (secondary N) is 2. The number of piperidine rings is 1. The molecule has 1 saturated heterocycles. The Morgan fingerprint density at radius 3 is 2.71 bits per heavy atom. The SMILES string of the molecule is CC(Nc1cccc(F)c1F)C1CCNCC1. The van der Waals surface area contributed by atoms with Crippen LogP contribution in [0, 0.1) is 17.6 Å². The Balaban J connectivity index is 2.01. The molecule has 2 nitrogen and oxygen atoms in total. The molecule has 1 heterocycles. The minimum absolute atomic E-state index is 0.161. The molecule has 1 fully saturated rings. The third kappa shape index (κ3) is 2.94. The Morgan fingerprint density at radius 2 is 2.00 bits per heavy atom. The summed E-state index contributed by atoms with van der Waals surface area (Å²) in [7, 11) is 0. The van der Waals surface area contributed by atoms with E-state index < -0.39 is 11.6 Å². The highest BCUT2D eigenvalue weighted by atomic mass is 19.2. The minimum Gasteiger partial charge on any atom is -0.380 e. The molecule has 1 aliphatic rings. The van der Waals surface area contributed by atoms with Gasteiger partial charge in [-0.1, -0.05) is 6.07 Å². The number of hydrogen-bond donors (Lipinski definition) is 2. The van der Waals surface area contributed by atoms with Crippen LogP contribution in [-0.2, 0) is 0 Å². The van der Waals surface area contributed by atoms with Gasteiger partial charge < -0.3 is 10.6 Å². The fraction of sp³-hybridized carbons (Fsp3) is 0.538. The lowest BCUT2D eigenvalue weighted by Gasteiger charge is -2.29. The number of halogens is 2. The highest BCUT2D eigenvalue weighted by Gasteiger charge is 2.20. The molecule has 1 aromatic rings. The third-order valence-electron chi connectivity index (χ3n) is 3.43. The van der Waals surface area contributed by atoms with Crippen molar-refractivity contribution in [2.24, 2.45) is 5.92 Å². The van der Waals surface area contributed by atoms with E-state index in [0.717, 1.165) is 32.0 Å². The van der Waals surface area contributed by atoms with E-state index in [1.54, 1.807) is 6.07 Å². The van der Waals surface area contributed by atoms with Crippen LogP contribution in [0.5, 0.6) is 0 Å². The summed E-state index contributed by atoms with van der Waals surface area (Å²) < 4.78 is 26.5. The van der Waals surface area contributed by atoms with Crippen molar-refractivity contribution in [2.75, 3.05) is 18.4 Å². The molecule has 0 amide bonds. The van der Waals surface area contributed by atoms with Crippen LogP contribution in [0.15, 0.2) is 18.2 Å². The molecule has 1 aliphatic heterocycles. The summed E-state index contributed by atoms with van der Waals surface area (Å²) in [6, 6.07) is 4.40. The predicted octanol–water partition coefficient (Wildman–Crippen LogP) is 2.76. The van der Waals surface area contributed by atoms with Gasteiger partial charge in [0.05, 0.1) is 5.69 Å². The Hall–Kier alpha value is -1.16. The molecule has 0 spiro atoms. The van der Waals surface area contributed by atoms with Gasteiger partial charge in [0.15, 0.2) is 11.6 Å². The van der Waals surface area contributed by atoms with Crippen molar-refractivity contribution in [3.05, 3.63) is 29.8 Å². The Morgan fingerprint density at radius 1 is 1.29 bits per heavy atom. The highest BCUT2D eigenvalue weighted by molar-refractivity contribution is 5.45. The van der Waals surface area contributed by atoms with Crippen LogP contribution in [0.1, 0.15) is 19.8 Å². The third-order valence-corrected chi connectivity index (χ3v) is 3.43. The van der Waals surface area contributed by atoms with Crippen molar-refractivity contribution < 1.29 is 8.78 Å². The van der Waals surface area contributed by atoms with Crippen molar-refractivity contribution in [1.82, 2.24) is 5.32 Å². The quantitative estimate of drug-likeness (QED) is 0.849. The first-order valence-corrected chi connectivity index (χ1v) is 6.09. The van der Waals surface area contributed by atoms with E-state index in [-0.39, 0.29) is 11.7 Å². The first-order valence-electron chi connectivity index (χ1n) is 6.09. The van der Waals surface area contributed by atoms with Gasteiger partial charge in [-0.2, -0.15) is 0 Å². The van der Waals surface area contributed by atoms with Crippen molar-refractivity contribution in [1.29, 1.82) is 0 Å². The van der Waals surface area contributed by atoms with E-state index in [1.165, 1.54) is 6.07 Å². The molecule has 0 aliphatic carbocycles. The van der Waals surface area contributed by atoms with Crippen molar-refractivity contribution >= 4 is 5.69 Å². The molecule has 94 valence electrons. The molecule has 2 N–H and O–H groups in total. The minimum atomic E-state index is -0.799. The van der Waals surface area contributed by atoms with Crippen LogP contribution in [0.2, 0.25) is 0 Å². The molecule has 1 atom stereocenters. The molecule has 4 heteroatoms. The number of benzene rings is 1. The smallest absolute Gasteiger partial charge is 0.181 e. The summed E-state index contributed by atoms with van der Waals surface area (Å²) in [5.41, 5.74) is 0.260. The lowest BCUT2D eigenvalue weighted by molar-refractivity contribution is 0.342. The molecular formula is C13H18F2N2. The lowest BCUT2D eigenvalue weighted by atomic mass is 9.91. The van der Waals surface area contributed by atoms with E-state index in [2.05, 4.69) is 10.6 Å². The monoisotopic (exact) mass is 240 g/mol. The average molecular weight is 240 g/mol. The van der Waals surface area contributed by atoms with Gasteiger partial charge in [-0.3, -0.25) is 0 Å². The zero-order chi connectivity index (χ0) is 12.3. The maximum absolute atomic E-state index is 13.5. The largest absolute Gasteiger partial charge is 0.380 e. The van der Waals surface area contributed by atoms with E-state index in [1.807, 2.05) is 6.92 Å². The average Bonchev–Trinajstić information content (AvgIpc) is 2.36. The van der Waals surface area contributed by atoms with Gasteiger partial charge in [-0.25, -0.2) is 8.78 Å². The summed E-state index contributed by atoms with van der Waals surface area (Å²) >= 11 is 0. The standard InChI is InChI=1S/C13H18F2N2/c1-9(10-5-7-16-8-6-10)17-12-4-2-3-11(14)13(12)15/h2-4,9-10,16-17H,5-8H2,1H3. The zero-order valence-corrected chi connectivity index (χ0v) is 9.97. The molecule has 0 saturated carbocycles. The van der Waals surface area contributed by atoms with Crippen molar-refractivity contribution in [3.63, 3.8) is 0 Å². The first-order chi connectivity index (χ1) is 8.18. The zero-order valence-electron chi connectivity index (χ0n) is 9.97. The molecule has 1 unspecified atom stereocenters. The normalized spacial score (nSPS) is 19.0.